The number of furan rings is 1. The molecule has 0 saturated carbocycles. The lowest BCUT2D eigenvalue weighted by Crippen LogP contribution is -1.98. The van der Waals surface area contributed by atoms with Crippen LogP contribution in [-0.4, -0.2) is 26.7 Å². The first-order valence-electron chi connectivity index (χ1n) is 6.74. The number of hydrogen-bond acceptors (Lipinski definition) is 5. The van der Waals surface area contributed by atoms with Gasteiger partial charge in [-0.25, -0.2) is 4.98 Å². The van der Waals surface area contributed by atoms with Gasteiger partial charge in [-0.2, -0.15) is 14.6 Å². The van der Waals surface area contributed by atoms with E-state index in [0.717, 1.165) is 22.7 Å². The Morgan fingerprint density at radius 1 is 1.14 bits per heavy atom. The average Bonchev–Trinajstić information content (AvgIpc) is 3.25. The van der Waals surface area contributed by atoms with Gasteiger partial charge in [0, 0.05) is 5.56 Å². The second-order valence-corrected chi connectivity index (χ2v) is 4.70. The molecule has 1 aromatic carbocycles. The van der Waals surface area contributed by atoms with E-state index in [4.69, 9.17) is 9.15 Å². The van der Waals surface area contributed by atoms with Gasteiger partial charge in [0.1, 0.15) is 17.8 Å². The number of methoxy groups -OCH3 is 1. The Kier molecular flexibility index (Phi) is 2.86. The summed E-state index contributed by atoms with van der Waals surface area (Å²) in [5.41, 5.74) is 2.60. The molecule has 0 unspecified atom stereocenters. The van der Waals surface area contributed by atoms with Crippen molar-refractivity contribution in [2.75, 3.05) is 7.11 Å². The van der Waals surface area contributed by atoms with Crippen LogP contribution in [0.3, 0.4) is 0 Å². The number of ether oxygens (including phenoxy) is 1. The standard InChI is InChI=1S/C16H12N4O2/c1-21-12-6-4-11(5-7-12)14-9-13(15-3-2-8-22-15)19-16-17-10-18-20(14)16/h2-10H,1H3. The van der Waals surface area contributed by atoms with Crippen molar-refractivity contribution < 1.29 is 9.15 Å². The summed E-state index contributed by atoms with van der Waals surface area (Å²) in [6.45, 7) is 0. The van der Waals surface area contributed by atoms with Crippen LogP contribution in [0.2, 0.25) is 0 Å². The normalized spacial score (nSPS) is 11.0. The van der Waals surface area contributed by atoms with Gasteiger partial charge in [0.2, 0.25) is 0 Å². The van der Waals surface area contributed by atoms with E-state index in [1.165, 1.54) is 6.33 Å². The van der Waals surface area contributed by atoms with Gasteiger partial charge in [-0.1, -0.05) is 0 Å². The molecule has 0 spiro atoms. The highest BCUT2D eigenvalue weighted by atomic mass is 16.5. The summed E-state index contributed by atoms with van der Waals surface area (Å²) in [7, 11) is 1.64. The third-order valence-electron chi connectivity index (χ3n) is 3.41. The van der Waals surface area contributed by atoms with Crippen molar-refractivity contribution in [3.63, 3.8) is 0 Å². The van der Waals surface area contributed by atoms with Gasteiger partial charge in [-0.3, -0.25) is 0 Å². The van der Waals surface area contributed by atoms with Crippen molar-refractivity contribution in [1.82, 2.24) is 19.6 Å². The molecule has 3 aromatic heterocycles. The minimum atomic E-state index is 0.528. The lowest BCUT2D eigenvalue weighted by atomic mass is 10.1. The maximum absolute atomic E-state index is 5.43. The third-order valence-corrected chi connectivity index (χ3v) is 3.41. The molecule has 108 valence electrons. The molecule has 0 fully saturated rings. The fraction of sp³-hybridized carbons (Fsp3) is 0.0625. The van der Waals surface area contributed by atoms with Crippen LogP contribution >= 0.6 is 0 Å². The van der Waals surface area contributed by atoms with E-state index < -0.39 is 0 Å². The highest BCUT2D eigenvalue weighted by Gasteiger charge is 2.12. The van der Waals surface area contributed by atoms with E-state index in [-0.39, 0.29) is 0 Å². The minimum Gasteiger partial charge on any atom is -0.497 e. The molecule has 6 heteroatoms. The van der Waals surface area contributed by atoms with Crippen molar-refractivity contribution in [2.45, 2.75) is 0 Å². The summed E-state index contributed by atoms with van der Waals surface area (Å²) < 4.78 is 12.3. The lowest BCUT2D eigenvalue weighted by molar-refractivity contribution is 0.415. The van der Waals surface area contributed by atoms with Gasteiger partial charge >= 0.3 is 0 Å². The summed E-state index contributed by atoms with van der Waals surface area (Å²) in [5.74, 6) is 2.03. The SMILES string of the molecule is COc1ccc(-c2cc(-c3ccco3)nc3ncnn23)cc1. The van der Waals surface area contributed by atoms with Crippen LogP contribution < -0.4 is 4.74 Å². The zero-order valence-corrected chi connectivity index (χ0v) is 11.8. The lowest BCUT2D eigenvalue weighted by Gasteiger charge is -2.07. The van der Waals surface area contributed by atoms with Gasteiger partial charge in [-0.05, 0) is 42.5 Å². The molecular weight excluding hydrogens is 280 g/mol. The maximum atomic E-state index is 5.43. The molecule has 0 aliphatic heterocycles. The van der Waals surface area contributed by atoms with Crippen LogP contribution in [0.25, 0.3) is 28.5 Å². The quantitative estimate of drug-likeness (QED) is 0.580. The molecule has 4 rings (SSSR count). The van der Waals surface area contributed by atoms with Gasteiger partial charge in [-0.15, -0.1) is 0 Å². The molecule has 0 aliphatic rings. The summed E-state index contributed by atoms with van der Waals surface area (Å²) in [5, 5.41) is 4.24. The molecule has 0 amide bonds. The second-order valence-electron chi connectivity index (χ2n) is 4.70. The smallest absolute Gasteiger partial charge is 0.253 e. The Morgan fingerprint density at radius 3 is 2.73 bits per heavy atom. The molecule has 0 N–H and O–H groups in total. The van der Waals surface area contributed by atoms with E-state index in [1.54, 1.807) is 17.9 Å². The number of rotatable bonds is 3. The van der Waals surface area contributed by atoms with Crippen molar-refractivity contribution in [3.8, 4) is 28.5 Å². The third kappa shape index (κ3) is 2.01. The van der Waals surface area contributed by atoms with Crippen LogP contribution in [0.5, 0.6) is 5.75 Å². The first kappa shape index (κ1) is 12.6. The predicted octanol–water partition coefficient (Wildman–Crippen LogP) is 3.06. The fourth-order valence-electron chi connectivity index (χ4n) is 2.33. The predicted molar refractivity (Wildman–Crippen MR) is 80.5 cm³/mol. The van der Waals surface area contributed by atoms with E-state index in [2.05, 4.69) is 15.1 Å². The topological polar surface area (TPSA) is 65.5 Å². The van der Waals surface area contributed by atoms with Crippen molar-refractivity contribution in [2.24, 2.45) is 0 Å². The van der Waals surface area contributed by atoms with Gasteiger partial charge < -0.3 is 9.15 Å². The van der Waals surface area contributed by atoms with Gasteiger partial charge in [0.05, 0.1) is 19.1 Å². The van der Waals surface area contributed by atoms with Crippen molar-refractivity contribution in [3.05, 3.63) is 55.1 Å². The minimum absolute atomic E-state index is 0.528. The first-order valence-corrected chi connectivity index (χ1v) is 6.74. The molecular formula is C16H12N4O2. The number of fused-ring (bicyclic) bond motifs is 1. The number of benzene rings is 1. The molecule has 22 heavy (non-hydrogen) atoms. The number of aromatic nitrogens is 4. The summed E-state index contributed by atoms with van der Waals surface area (Å²) in [6.07, 6.45) is 3.11. The molecule has 0 atom stereocenters. The van der Waals surface area contributed by atoms with Crippen LogP contribution in [0.4, 0.5) is 0 Å². The van der Waals surface area contributed by atoms with Crippen LogP contribution in [0, 0.1) is 0 Å². The van der Waals surface area contributed by atoms with Gasteiger partial charge in [0.25, 0.3) is 5.78 Å². The zero-order valence-electron chi connectivity index (χ0n) is 11.8. The highest BCUT2D eigenvalue weighted by molar-refractivity contribution is 5.68. The molecule has 3 heterocycles. The summed E-state index contributed by atoms with van der Waals surface area (Å²) >= 11 is 0. The van der Waals surface area contributed by atoms with E-state index in [1.807, 2.05) is 42.5 Å². The molecule has 0 radical (unpaired) electrons. The second kappa shape index (κ2) is 5.00. The molecule has 4 aromatic rings. The van der Waals surface area contributed by atoms with E-state index in [9.17, 15) is 0 Å². The van der Waals surface area contributed by atoms with Crippen LogP contribution in [0.1, 0.15) is 0 Å². The monoisotopic (exact) mass is 292 g/mol. The van der Waals surface area contributed by atoms with Crippen LogP contribution in [0.15, 0.2) is 59.5 Å². The van der Waals surface area contributed by atoms with E-state index >= 15 is 0 Å². The van der Waals surface area contributed by atoms with Gasteiger partial charge in [0.15, 0.2) is 5.76 Å². The highest BCUT2D eigenvalue weighted by Crippen LogP contribution is 2.27. The number of hydrogen-bond donors (Lipinski definition) is 0. The Labute approximate surface area is 126 Å². The average molecular weight is 292 g/mol. The zero-order chi connectivity index (χ0) is 14.9. The largest absolute Gasteiger partial charge is 0.497 e. The molecule has 6 nitrogen and oxygen atoms in total. The van der Waals surface area contributed by atoms with Crippen molar-refractivity contribution >= 4 is 5.78 Å². The fourth-order valence-corrected chi connectivity index (χ4v) is 2.33. The maximum Gasteiger partial charge on any atom is 0.253 e. The van der Waals surface area contributed by atoms with Crippen molar-refractivity contribution in [1.29, 1.82) is 0 Å². The van der Waals surface area contributed by atoms with Crippen LogP contribution in [-0.2, 0) is 0 Å². The molecule has 0 aliphatic carbocycles. The Hall–Kier alpha value is -3.15. The molecule has 0 bridgehead atoms. The Morgan fingerprint density at radius 2 is 2.00 bits per heavy atom. The van der Waals surface area contributed by atoms with E-state index in [0.29, 0.717) is 11.5 Å². The first-order chi connectivity index (χ1) is 10.8. The molecule has 0 saturated heterocycles. The Balaban J connectivity index is 1.93. The number of nitrogens with zero attached hydrogens (tertiary/aromatic N) is 4. The summed E-state index contributed by atoms with van der Waals surface area (Å²) in [6, 6.07) is 13.4. The summed E-state index contributed by atoms with van der Waals surface area (Å²) in [4.78, 5) is 8.65. The Bertz CT molecular complexity index is 911.